The highest BCUT2D eigenvalue weighted by molar-refractivity contribution is 6.08. The first-order valence-corrected chi connectivity index (χ1v) is 5.05. The quantitative estimate of drug-likeness (QED) is 0.718. The van der Waals surface area contributed by atoms with Gasteiger partial charge in [-0.2, -0.15) is 5.10 Å². The van der Waals surface area contributed by atoms with E-state index in [1.165, 1.54) is 12.4 Å². The molecule has 2 aromatic heterocycles. The minimum Gasteiger partial charge on any atom is -0.287 e. The summed E-state index contributed by atoms with van der Waals surface area (Å²) in [4.78, 5) is 20.0. The monoisotopic (exact) mass is 216 g/mol. The van der Waals surface area contributed by atoms with Gasteiger partial charge in [0.15, 0.2) is 0 Å². The van der Waals surface area contributed by atoms with Crippen LogP contribution in [0, 0.1) is 0 Å². The second-order valence-corrected chi connectivity index (χ2v) is 3.44. The van der Waals surface area contributed by atoms with Crippen LogP contribution in [0.1, 0.15) is 28.7 Å². The number of aryl methyl sites for hydroxylation is 2. The molecule has 0 radical (unpaired) electrons. The van der Waals surface area contributed by atoms with Crippen molar-refractivity contribution in [1.29, 1.82) is 0 Å². The molecule has 0 spiro atoms. The second kappa shape index (κ2) is 4.22. The van der Waals surface area contributed by atoms with Gasteiger partial charge in [-0.05, 0) is 6.42 Å². The van der Waals surface area contributed by atoms with Gasteiger partial charge in [-0.25, -0.2) is 4.98 Å². The summed E-state index contributed by atoms with van der Waals surface area (Å²) in [5.74, 6) is -0.127. The number of carbonyl (C=O) groups is 1. The molecule has 0 unspecified atom stereocenters. The number of ketones is 1. The number of hydrogen-bond donors (Lipinski definition) is 0. The van der Waals surface area contributed by atoms with E-state index in [0.29, 0.717) is 11.3 Å². The minimum atomic E-state index is -0.127. The Morgan fingerprint density at radius 3 is 2.88 bits per heavy atom. The lowest BCUT2D eigenvalue weighted by Gasteiger charge is -1.97. The van der Waals surface area contributed by atoms with E-state index >= 15 is 0 Å². The zero-order chi connectivity index (χ0) is 11.5. The van der Waals surface area contributed by atoms with Gasteiger partial charge in [0.2, 0.25) is 5.78 Å². The van der Waals surface area contributed by atoms with E-state index in [-0.39, 0.29) is 5.78 Å². The average Bonchev–Trinajstić information content (AvgIpc) is 2.70. The molecule has 0 amide bonds. The van der Waals surface area contributed by atoms with Gasteiger partial charge in [0.05, 0.1) is 17.5 Å². The Kier molecular flexibility index (Phi) is 2.76. The fraction of sp³-hybridized carbons (Fsp3) is 0.273. The summed E-state index contributed by atoms with van der Waals surface area (Å²) in [5.41, 5.74) is 1.74. The molecular weight excluding hydrogens is 204 g/mol. The Hall–Kier alpha value is -2.04. The van der Waals surface area contributed by atoms with Gasteiger partial charge < -0.3 is 0 Å². The van der Waals surface area contributed by atoms with Crippen LogP contribution in [0.25, 0.3) is 0 Å². The molecule has 16 heavy (non-hydrogen) atoms. The van der Waals surface area contributed by atoms with Gasteiger partial charge in [-0.15, -0.1) is 0 Å². The molecule has 0 aromatic carbocycles. The normalized spacial score (nSPS) is 10.4. The number of rotatable bonds is 3. The Morgan fingerprint density at radius 1 is 1.44 bits per heavy atom. The molecule has 5 nitrogen and oxygen atoms in total. The first-order valence-electron chi connectivity index (χ1n) is 5.05. The molecule has 0 atom stereocenters. The van der Waals surface area contributed by atoms with Crippen molar-refractivity contribution in [2.24, 2.45) is 7.05 Å². The Balaban J connectivity index is 2.41. The van der Waals surface area contributed by atoms with Crippen LogP contribution in [-0.2, 0) is 13.5 Å². The number of aromatic nitrogens is 4. The van der Waals surface area contributed by atoms with Crippen LogP contribution in [0.15, 0.2) is 24.8 Å². The predicted octanol–water partition coefficient (Wildman–Crippen LogP) is 1.00. The van der Waals surface area contributed by atoms with Crippen molar-refractivity contribution in [2.45, 2.75) is 13.3 Å². The van der Waals surface area contributed by atoms with E-state index in [2.05, 4.69) is 15.1 Å². The standard InChI is InChI=1S/C11H12N4O/c1-3-9-8(7-15(2)14-9)11(16)10-6-12-4-5-13-10/h4-7H,3H2,1-2H3. The number of carbonyl (C=O) groups excluding carboxylic acids is 1. The van der Waals surface area contributed by atoms with Crippen molar-refractivity contribution in [3.63, 3.8) is 0 Å². The maximum absolute atomic E-state index is 12.1. The molecule has 0 aliphatic heterocycles. The fourth-order valence-corrected chi connectivity index (χ4v) is 1.54. The van der Waals surface area contributed by atoms with E-state index in [1.54, 1.807) is 24.1 Å². The maximum Gasteiger partial charge on any atom is 0.216 e. The summed E-state index contributed by atoms with van der Waals surface area (Å²) >= 11 is 0. The van der Waals surface area contributed by atoms with Crippen molar-refractivity contribution >= 4 is 5.78 Å². The van der Waals surface area contributed by atoms with Gasteiger partial charge in [0, 0.05) is 25.6 Å². The van der Waals surface area contributed by atoms with Crippen molar-refractivity contribution < 1.29 is 4.79 Å². The van der Waals surface area contributed by atoms with E-state index in [4.69, 9.17) is 0 Å². The van der Waals surface area contributed by atoms with Gasteiger partial charge in [-0.3, -0.25) is 14.5 Å². The molecule has 0 aliphatic rings. The Labute approximate surface area is 93.2 Å². The highest BCUT2D eigenvalue weighted by atomic mass is 16.1. The predicted molar refractivity (Wildman–Crippen MR) is 58.1 cm³/mol. The van der Waals surface area contributed by atoms with E-state index in [0.717, 1.165) is 12.1 Å². The van der Waals surface area contributed by atoms with E-state index in [9.17, 15) is 4.79 Å². The molecular formula is C11H12N4O. The number of nitrogens with zero attached hydrogens (tertiary/aromatic N) is 4. The third kappa shape index (κ3) is 1.84. The van der Waals surface area contributed by atoms with Crippen LogP contribution in [0.3, 0.4) is 0 Å². The maximum atomic E-state index is 12.1. The highest BCUT2D eigenvalue weighted by Gasteiger charge is 2.17. The summed E-state index contributed by atoms with van der Waals surface area (Å²) in [6.07, 6.45) is 6.96. The summed E-state index contributed by atoms with van der Waals surface area (Å²) in [5, 5.41) is 4.22. The zero-order valence-electron chi connectivity index (χ0n) is 9.21. The van der Waals surface area contributed by atoms with Crippen LogP contribution in [0.2, 0.25) is 0 Å². The van der Waals surface area contributed by atoms with Crippen molar-refractivity contribution in [3.8, 4) is 0 Å². The molecule has 82 valence electrons. The van der Waals surface area contributed by atoms with Gasteiger partial charge in [0.1, 0.15) is 5.69 Å². The molecule has 0 bridgehead atoms. The molecule has 0 saturated carbocycles. The lowest BCUT2D eigenvalue weighted by molar-refractivity contribution is 0.103. The molecule has 5 heteroatoms. The summed E-state index contributed by atoms with van der Waals surface area (Å²) in [6.45, 7) is 1.97. The minimum absolute atomic E-state index is 0.127. The molecule has 2 rings (SSSR count). The molecule has 0 N–H and O–H groups in total. The topological polar surface area (TPSA) is 60.7 Å². The summed E-state index contributed by atoms with van der Waals surface area (Å²) < 4.78 is 1.64. The summed E-state index contributed by atoms with van der Waals surface area (Å²) in [7, 11) is 1.80. The molecule has 2 heterocycles. The van der Waals surface area contributed by atoms with Crippen LogP contribution in [-0.4, -0.2) is 25.5 Å². The van der Waals surface area contributed by atoms with E-state index in [1.807, 2.05) is 6.92 Å². The third-order valence-corrected chi connectivity index (χ3v) is 2.28. The Morgan fingerprint density at radius 2 is 2.25 bits per heavy atom. The molecule has 2 aromatic rings. The van der Waals surface area contributed by atoms with Gasteiger partial charge in [-0.1, -0.05) is 6.92 Å². The van der Waals surface area contributed by atoms with Crippen LogP contribution >= 0.6 is 0 Å². The summed E-state index contributed by atoms with van der Waals surface area (Å²) in [6, 6.07) is 0. The molecule has 0 fully saturated rings. The SMILES string of the molecule is CCc1nn(C)cc1C(=O)c1cnccn1. The van der Waals surface area contributed by atoms with Crippen molar-refractivity contribution in [2.75, 3.05) is 0 Å². The fourth-order valence-electron chi connectivity index (χ4n) is 1.54. The second-order valence-electron chi connectivity index (χ2n) is 3.44. The van der Waals surface area contributed by atoms with Gasteiger partial charge in [0.25, 0.3) is 0 Å². The lowest BCUT2D eigenvalue weighted by Crippen LogP contribution is -2.05. The molecule has 0 saturated heterocycles. The highest BCUT2D eigenvalue weighted by Crippen LogP contribution is 2.11. The van der Waals surface area contributed by atoms with Crippen LogP contribution in [0.5, 0.6) is 0 Å². The zero-order valence-corrected chi connectivity index (χ0v) is 9.21. The number of hydrogen-bond acceptors (Lipinski definition) is 4. The first-order chi connectivity index (χ1) is 7.72. The largest absolute Gasteiger partial charge is 0.287 e. The third-order valence-electron chi connectivity index (χ3n) is 2.28. The smallest absolute Gasteiger partial charge is 0.216 e. The Bertz CT molecular complexity index is 504. The molecule has 0 aliphatic carbocycles. The average molecular weight is 216 g/mol. The van der Waals surface area contributed by atoms with Crippen molar-refractivity contribution in [3.05, 3.63) is 41.7 Å². The van der Waals surface area contributed by atoms with E-state index < -0.39 is 0 Å². The van der Waals surface area contributed by atoms with Gasteiger partial charge >= 0.3 is 0 Å². The van der Waals surface area contributed by atoms with Crippen LogP contribution in [0.4, 0.5) is 0 Å². The van der Waals surface area contributed by atoms with Crippen LogP contribution < -0.4 is 0 Å². The van der Waals surface area contributed by atoms with Crippen molar-refractivity contribution in [1.82, 2.24) is 19.7 Å². The first kappa shape index (κ1) is 10.5. The lowest BCUT2D eigenvalue weighted by atomic mass is 10.1.